The van der Waals surface area contributed by atoms with E-state index >= 15 is 0 Å². The van der Waals surface area contributed by atoms with Crippen LogP contribution in [0.5, 0.6) is 0 Å². The maximum absolute atomic E-state index is 13.6. The lowest BCUT2D eigenvalue weighted by Gasteiger charge is -2.14. The molecule has 0 amide bonds. The minimum atomic E-state index is -0.0659. The van der Waals surface area contributed by atoms with Crippen LogP contribution in [0.2, 0.25) is 0 Å². The van der Waals surface area contributed by atoms with Gasteiger partial charge in [-0.15, -0.1) is 0 Å². The lowest BCUT2D eigenvalue weighted by molar-refractivity contribution is 0.484. The monoisotopic (exact) mass is 245 g/mol. The Morgan fingerprint density at radius 2 is 2.33 bits per heavy atom. The average Bonchev–Trinajstić information content (AvgIpc) is 3.00. The first-order valence-corrected chi connectivity index (χ1v) is 6.32. The highest BCUT2D eigenvalue weighted by atomic mass is 19.1. The number of fused-ring (bicyclic) bond motifs is 1. The van der Waals surface area contributed by atoms with Gasteiger partial charge in [-0.1, -0.05) is 12.1 Å². The summed E-state index contributed by atoms with van der Waals surface area (Å²) in [5.74, 6) is -0.0659. The zero-order chi connectivity index (χ0) is 12.4. The van der Waals surface area contributed by atoms with Crippen molar-refractivity contribution in [2.24, 2.45) is 0 Å². The quantitative estimate of drug-likeness (QED) is 0.895. The fourth-order valence-corrected chi connectivity index (χ4v) is 2.61. The molecule has 1 atom stereocenters. The minimum absolute atomic E-state index is 0.0659. The number of rotatable bonds is 4. The molecule has 0 spiro atoms. The van der Waals surface area contributed by atoms with Gasteiger partial charge in [-0.3, -0.25) is 4.68 Å². The lowest BCUT2D eigenvalue weighted by Crippen LogP contribution is -2.24. The van der Waals surface area contributed by atoms with Crippen LogP contribution in [0, 0.1) is 5.82 Å². The van der Waals surface area contributed by atoms with E-state index in [9.17, 15) is 4.39 Å². The topological polar surface area (TPSA) is 29.9 Å². The van der Waals surface area contributed by atoms with Crippen molar-refractivity contribution in [3.63, 3.8) is 0 Å². The van der Waals surface area contributed by atoms with Crippen molar-refractivity contribution in [2.75, 3.05) is 6.54 Å². The Balaban J connectivity index is 1.61. The van der Waals surface area contributed by atoms with Gasteiger partial charge in [-0.05, 0) is 36.1 Å². The van der Waals surface area contributed by atoms with Gasteiger partial charge in [0.2, 0.25) is 0 Å². The second kappa shape index (κ2) is 4.90. The van der Waals surface area contributed by atoms with Crippen molar-refractivity contribution in [2.45, 2.75) is 25.4 Å². The van der Waals surface area contributed by atoms with Gasteiger partial charge in [0.05, 0.1) is 6.54 Å². The largest absolute Gasteiger partial charge is 0.308 e. The molecular formula is C14H16FN3. The summed E-state index contributed by atoms with van der Waals surface area (Å²) in [6.45, 7) is 1.69. The smallest absolute Gasteiger partial charge is 0.126 e. The van der Waals surface area contributed by atoms with Gasteiger partial charge in [0.25, 0.3) is 0 Å². The zero-order valence-corrected chi connectivity index (χ0v) is 10.1. The molecule has 3 nitrogen and oxygen atoms in total. The predicted molar refractivity (Wildman–Crippen MR) is 67.7 cm³/mol. The third kappa shape index (κ3) is 2.16. The van der Waals surface area contributed by atoms with E-state index in [1.165, 1.54) is 0 Å². The number of hydrogen-bond acceptors (Lipinski definition) is 2. The first-order chi connectivity index (χ1) is 8.84. The second-order valence-electron chi connectivity index (χ2n) is 4.62. The van der Waals surface area contributed by atoms with Gasteiger partial charge in [-0.25, -0.2) is 4.39 Å². The molecular weight excluding hydrogens is 229 g/mol. The fourth-order valence-electron chi connectivity index (χ4n) is 2.61. The van der Waals surface area contributed by atoms with E-state index in [0.29, 0.717) is 0 Å². The van der Waals surface area contributed by atoms with Crippen molar-refractivity contribution in [3.05, 3.63) is 53.6 Å². The van der Waals surface area contributed by atoms with Crippen molar-refractivity contribution in [3.8, 4) is 0 Å². The van der Waals surface area contributed by atoms with E-state index in [1.807, 2.05) is 23.0 Å². The van der Waals surface area contributed by atoms with E-state index in [4.69, 9.17) is 0 Å². The molecule has 0 fully saturated rings. The maximum Gasteiger partial charge on any atom is 0.126 e. The molecule has 1 aliphatic carbocycles. The molecule has 0 bridgehead atoms. The van der Waals surface area contributed by atoms with Crippen LogP contribution in [0.3, 0.4) is 0 Å². The third-order valence-corrected chi connectivity index (χ3v) is 3.50. The number of benzene rings is 1. The highest BCUT2D eigenvalue weighted by Gasteiger charge is 2.23. The van der Waals surface area contributed by atoms with Crippen LogP contribution in [0.4, 0.5) is 4.39 Å². The van der Waals surface area contributed by atoms with Crippen LogP contribution in [-0.4, -0.2) is 16.3 Å². The molecule has 4 heteroatoms. The summed E-state index contributed by atoms with van der Waals surface area (Å²) < 4.78 is 15.5. The van der Waals surface area contributed by atoms with E-state index in [-0.39, 0.29) is 11.9 Å². The van der Waals surface area contributed by atoms with Gasteiger partial charge < -0.3 is 5.32 Å². The molecule has 0 saturated carbocycles. The number of halogens is 1. The summed E-state index contributed by atoms with van der Waals surface area (Å²) in [5, 5.41) is 7.63. The summed E-state index contributed by atoms with van der Waals surface area (Å²) in [7, 11) is 0. The summed E-state index contributed by atoms with van der Waals surface area (Å²) >= 11 is 0. The molecule has 2 aromatic rings. The second-order valence-corrected chi connectivity index (χ2v) is 4.62. The van der Waals surface area contributed by atoms with E-state index in [2.05, 4.69) is 10.4 Å². The van der Waals surface area contributed by atoms with Crippen molar-refractivity contribution in [1.82, 2.24) is 15.1 Å². The highest BCUT2D eigenvalue weighted by Crippen LogP contribution is 2.32. The van der Waals surface area contributed by atoms with Crippen LogP contribution in [-0.2, 0) is 13.0 Å². The SMILES string of the molecule is Fc1cccc2c1CCC2NCCn1cccn1. The van der Waals surface area contributed by atoms with Crippen LogP contribution >= 0.6 is 0 Å². The average molecular weight is 245 g/mol. The summed E-state index contributed by atoms with van der Waals surface area (Å²) in [5.41, 5.74) is 2.00. The molecule has 1 heterocycles. The number of nitrogens with one attached hydrogen (secondary N) is 1. The van der Waals surface area contributed by atoms with Gasteiger partial charge >= 0.3 is 0 Å². The number of aromatic nitrogens is 2. The molecule has 0 saturated heterocycles. The molecule has 1 unspecified atom stereocenters. The zero-order valence-electron chi connectivity index (χ0n) is 10.1. The Hall–Kier alpha value is -1.68. The highest BCUT2D eigenvalue weighted by molar-refractivity contribution is 5.35. The molecule has 0 radical (unpaired) electrons. The maximum atomic E-state index is 13.6. The molecule has 0 aliphatic heterocycles. The summed E-state index contributed by atoms with van der Waals surface area (Å²) in [4.78, 5) is 0. The standard InChI is InChI=1S/C14H16FN3/c15-13-4-1-3-12-11(13)5-6-14(12)16-8-10-18-9-2-7-17-18/h1-4,7,9,14,16H,5-6,8,10H2. The van der Waals surface area contributed by atoms with Gasteiger partial charge in [-0.2, -0.15) is 5.10 Å². The van der Waals surface area contributed by atoms with Gasteiger partial charge in [0.1, 0.15) is 5.82 Å². The molecule has 1 aromatic carbocycles. The van der Waals surface area contributed by atoms with Crippen LogP contribution < -0.4 is 5.32 Å². The van der Waals surface area contributed by atoms with E-state index in [0.717, 1.165) is 37.1 Å². The summed E-state index contributed by atoms with van der Waals surface area (Å²) in [6.07, 6.45) is 5.54. The van der Waals surface area contributed by atoms with E-state index in [1.54, 1.807) is 18.3 Å². The Morgan fingerprint density at radius 1 is 1.39 bits per heavy atom. The summed E-state index contributed by atoms with van der Waals surface area (Å²) in [6, 6.07) is 7.57. The molecule has 94 valence electrons. The Morgan fingerprint density at radius 3 is 3.17 bits per heavy atom. The molecule has 1 aliphatic rings. The normalized spacial score (nSPS) is 17.9. The Kier molecular flexibility index (Phi) is 3.11. The fraction of sp³-hybridized carbons (Fsp3) is 0.357. The van der Waals surface area contributed by atoms with E-state index < -0.39 is 0 Å². The van der Waals surface area contributed by atoms with Crippen molar-refractivity contribution in [1.29, 1.82) is 0 Å². The number of nitrogens with zero attached hydrogens (tertiary/aromatic N) is 2. The Bertz CT molecular complexity index is 522. The van der Waals surface area contributed by atoms with Gasteiger partial charge in [0, 0.05) is 25.0 Å². The predicted octanol–water partition coefficient (Wildman–Crippen LogP) is 2.30. The van der Waals surface area contributed by atoms with Crippen molar-refractivity contribution < 1.29 is 4.39 Å². The number of hydrogen-bond donors (Lipinski definition) is 1. The molecule has 18 heavy (non-hydrogen) atoms. The molecule has 1 aromatic heterocycles. The van der Waals surface area contributed by atoms with Crippen LogP contribution in [0.25, 0.3) is 0 Å². The van der Waals surface area contributed by atoms with Gasteiger partial charge in [0.15, 0.2) is 0 Å². The van der Waals surface area contributed by atoms with Crippen LogP contribution in [0.15, 0.2) is 36.7 Å². The third-order valence-electron chi connectivity index (χ3n) is 3.50. The minimum Gasteiger partial charge on any atom is -0.308 e. The first kappa shape index (κ1) is 11.4. The molecule has 1 N–H and O–H groups in total. The van der Waals surface area contributed by atoms with Crippen molar-refractivity contribution >= 4 is 0 Å². The Labute approximate surface area is 106 Å². The van der Waals surface area contributed by atoms with Crippen LogP contribution in [0.1, 0.15) is 23.6 Å². The lowest BCUT2D eigenvalue weighted by atomic mass is 10.1. The molecule has 3 rings (SSSR count). The first-order valence-electron chi connectivity index (χ1n) is 6.32.